The number of carbonyl (C=O) groups is 2. The van der Waals surface area contributed by atoms with Crippen molar-refractivity contribution in [3.63, 3.8) is 0 Å². The summed E-state index contributed by atoms with van der Waals surface area (Å²) >= 11 is 2.94. The highest BCUT2D eigenvalue weighted by Crippen LogP contribution is 2.39. The van der Waals surface area contributed by atoms with Crippen LogP contribution in [0.4, 0.5) is 52.7 Å². The maximum absolute atomic E-state index is 12.7. The Labute approximate surface area is 268 Å². The number of nitriles is 2. The molecule has 6 nitrogen and oxygen atoms in total. The maximum Gasteiger partial charge on any atom is 0.416 e. The summed E-state index contributed by atoms with van der Waals surface area (Å²) in [6.07, 6.45) is -20.9. The Balaban J connectivity index is 0.000000770. The predicted octanol–water partition coefficient (Wildman–Crippen LogP) is 9.02. The van der Waals surface area contributed by atoms with Gasteiger partial charge in [-0.25, -0.2) is 0 Å². The van der Waals surface area contributed by atoms with Gasteiger partial charge >= 0.3 is 36.6 Å². The lowest BCUT2D eigenvalue weighted by molar-refractivity contribution is -0.144. The molecule has 260 valence electrons. The SMILES string of the molecule is CCOC(=O)CBr.CCOC(=O)CC(C#N)c1cc(C(F)(F)F)cc(C(F)(F)F)c1.N#CCc1cc(C(F)(F)F)cc(C(F)(F)F)c1. The van der Waals surface area contributed by atoms with Gasteiger partial charge in [-0.15, -0.1) is 0 Å². The number of hydrogen-bond donors (Lipinski definition) is 0. The zero-order valence-corrected chi connectivity index (χ0v) is 25.6. The number of ether oxygens (including phenoxy) is 2. The fraction of sp³-hybridized carbons (Fsp3) is 0.429. The molecule has 2 aromatic rings. The van der Waals surface area contributed by atoms with Crippen molar-refractivity contribution in [2.24, 2.45) is 0 Å². The van der Waals surface area contributed by atoms with Crippen molar-refractivity contribution in [1.29, 1.82) is 10.5 Å². The van der Waals surface area contributed by atoms with Crippen LogP contribution < -0.4 is 0 Å². The Morgan fingerprint density at radius 3 is 1.32 bits per heavy atom. The van der Waals surface area contributed by atoms with Crippen LogP contribution in [0.15, 0.2) is 36.4 Å². The monoisotopic (exact) mass is 758 g/mol. The molecule has 0 bridgehead atoms. The van der Waals surface area contributed by atoms with Crippen molar-refractivity contribution in [3.8, 4) is 12.1 Å². The van der Waals surface area contributed by atoms with Crippen molar-refractivity contribution < 1.29 is 71.7 Å². The van der Waals surface area contributed by atoms with Crippen LogP contribution in [-0.4, -0.2) is 30.5 Å². The first-order chi connectivity index (χ1) is 21.4. The molecule has 0 amide bonds. The second-order valence-electron chi connectivity index (χ2n) is 8.72. The molecular weight excluding hydrogens is 736 g/mol. The first-order valence-electron chi connectivity index (χ1n) is 12.7. The van der Waals surface area contributed by atoms with Gasteiger partial charge < -0.3 is 9.47 Å². The number of alkyl halides is 13. The highest BCUT2D eigenvalue weighted by molar-refractivity contribution is 9.09. The summed E-state index contributed by atoms with van der Waals surface area (Å²) in [4.78, 5) is 21.5. The Morgan fingerprint density at radius 2 is 1.04 bits per heavy atom. The van der Waals surface area contributed by atoms with Gasteiger partial charge in [-0.3, -0.25) is 9.59 Å². The van der Waals surface area contributed by atoms with Crippen molar-refractivity contribution in [1.82, 2.24) is 0 Å². The lowest BCUT2D eigenvalue weighted by Gasteiger charge is -2.16. The largest absolute Gasteiger partial charge is 0.466 e. The van der Waals surface area contributed by atoms with E-state index in [2.05, 4.69) is 25.4 Å². The molecule has 2 aromatic carbocycles. The van der Waals surface area contributed by atoms with E-state index in [1.165, 1.54) is 19.1 Å². The number of benzene rings is 2. The van der Waals surface area contributed by atoms with E-state index in [0.29, 0.717) is 36.2 Å². The van der Waals surface area contributed by atoms with E-state index in [-0.39, 0.29) is 30.3 Å². The predicted molar refractivity (Wildman–Crippen MR) is 142 cm³/mol. The summed E-state index contributed by atoms with van der Waals surface area (Å²) in [6.45, 7) is 3.70. The number of nitrogens with zero attached hydrogens (tertiary/aromatic N) is 2. The highest BCUT2D eigenvalue weighted by atomic mass is 79.9. The summed E-state index contributed by atoms with van der Waals surface area (Å²) in [5.41, 5.74) is -6.73. The fourth-order valence-corrected chi connectivity index (χ4v) is 3.38. The average molecular weight is 759 g/mol. The Kier molecular flexibility index (Phi) is 16.8. The molecule has 0 spiro atoms. The van der Waals surface area contributed by atoms with Crippen molar-refractivity contribution >= 4 is 27.9 Å². The molecule has 0 radical (unpaired) electrons. The first kappa shape index (κ1) is 43.0. The molecule has 0 aliphatic heterocycles. The van der Waals surface area contributed by atoms with E-state index in [9.17, 15) is 62.3 Å². The summed E-state index contributed by atoms with van der Waals surface area (Å²) in [5, 5.41) is 17.6. The molecule has 47 heavy (non-hydrogen) atoms. The van der Waals surface area contributed by atoms with Gasteiger partial charge in [-0.1, -0.05) is 15.9 Å². The molecule has 0 aliphatic rings. The molecule has 1 unspecified atom stereocenters. The zero-order chi connectivity index (χ0) is 36.8. The number of rotatable bonds is 7. The van der Waals surface area contributed by atoms with Crippen molar-refractivity contribution in [3.05, 3.63) is 69.8 Å². The quantitative estimate of drug-likeness (QED) is 0.159. The first-order valence-corrected chi connectivity index (χ1v) is 13.8. The number of esters is 2. The summed E-state index contributed by atoms with van der Waals surface area (Å²) < 4.78 is 159. The molecule has 0 saturated carbocycles. The molecule has 0 heterocycles. The molecule has 19 heteroatoms. The third-order valence-corrected chi connectivity index (χ3v) is 5.65. The van der Waals surface area contributed by atoms with Gasteiger partial charge in [0.1, 0.15) is 5.33 Å². The van der Waals surface area contributed by atoms with Gasteiger partial charge in [0.2, 0.25) is 0 Å². The number of carbonyl (C=O) groups excluding carboxylic acids is 2. The van der Waals surface area contributed by atoms with Crippen LogP contribution in [0.1, 0.15) is 59.6 Å². The van der Waals surface area contributed by atoms with Gasteiger partial charge in [0.05, 0.1) is 66.4 Å². The van der Waals surface area contributed by atoms with Crippen LogP contribution in [0.3, 0.4) is 0 Å². The van der Waals surface area contributed by atoms with Gasteiger partial charge in [-0.05, 0) is 61.4 Å². The van der Waals surface area contributed by atoms with E-state index in [1.54, 1.807) is 6.92 Å². The van der Waals surface area contributed by atoms with Crippen LogP contribution in [0.5, 0.6) is 0 Å². The summed E-state index contributed by atoms with van der Waals surface area (Å²) in [5.74, 6) is -2.56. The normalized spacial score (nSPS) is 12.2. The molecule has 0 saturated heterocycles. The molecule has 1 atom stereocenters. The van der Waals surface area contributed by atoms with Crippen molar-refractivity contribution in [2.75, 3.05) is 18.5 Å². The van der Waals surface area contributed by atoms with Gasteiger partial charge in [0, 0.05) is 0 Å². The third kappa shape index (κ3) is 15.9. The van der Waals surface area contributed by atoms with Gasteiger partial charge in [-0.2, -0.15) is 63.2 Å². The fourth-order valence-electron chi connectivity index (χ4n) is 3.22. The summed E-state index contributed by atoms with van der Waals surface area (Å²) in [7, 11) is 0. The summed E-state index contributed by atoms with van der Waals surface area (Å²) in [6, 6.07) is 4.97. The minimum absolute atomic E-state index is 0.0205. The van der Waals surface area contributed by atoms with Crippen LogP contribution in [0.2, 0.25) is 0 Å². The van der Waals surface area contributed by atoms with E-state index < -0.39 is 77.3 Å². The van der Waals surface area contributed by atoms with Crippen LogP contribution in [0.25, 0.3) is 0 Å². The maximum atomic E-state index is 12.7. The van der Waals surface area contributed by atoms with Gasteiger partial charge in [0.15, 0.2) is 0 Å². The molecule has 0 aliphatic carbocycles. The van der Waals surface area contributed by atoms with E-state index in [4.69, 9.17) is 10.5 Å². The highest BCUT2D eigenvalue weighted by Gasteiger charge is 2.38. The molecule has 0 N–H and O–H groups in total. The molecular formula is C28H23BrF12N2O4. The minimum Gasteiger partial charge on any atom is -0.466 e. The van der Waals surface area contributed by atoms with Crippen LogP contribution in [0, 0.1) is 22.7 Å². The Hall–Kier alpha value is -4.00. The van der Waals surface area contributed by atoms with Crippen LogP contribution >= 0.6 is 15.9 Å². The zero-order valence-electron chi connectivity index (χ0n) is 24.0. The van der Waals surface area contributed by atoms with E-state index in [0.717, 1.165) is 0 Å². The number of hydrogen-bond acceptors (Lipinski definition) is 6. The molecule has 2 rings (SSSR count). The Bertz CT molecular complexity index is 1360. The molecule has 0 fully saturated rings. The minimum atomic E-state index is -5.01. The average Bonchev–Trinajstić information content (AvgIpc) is 2.95. The lowest BCUT2D eigenvalue weighted by atomic mass is 9.93. The molecule has 0 aromatic heterocycles. The smallest absolute Gasteiger partial charge is 0.416 e. The standard InChI is InChI=1S/C14H11F6NO2.C10H5F6N.C4H7BrO2/c1-2-23-12(22)5-9(7-21)8-3-10(13(15,16)17)6-11(4-8)14(18,19)20;11-9(12,13)7-3-6(1-2-17)4-8(5-7)10(14,15)16;1-2-7-4(6)3-5/h3-4,6,9H,2,5H2,1H3;3-5H,1H2;2-3H2,1H3. The van der Waals surface area contributed by atoms with Crippen molar-refractivity contribution in [2.45, 2.75) is 57.3 Å². The topological polar surface area (TPSA) is 100 Å². The lowest BCUT2D eigenvalue weighted by Crippen LogP contribution is -2.14. The van der Waals surface area contributed by atoms with E-state index in [1.807, 2.05) is 0 Å². The third-order valence-electron chi connectivity index (χ3n) is 5.19. The van der Waals surface area contributed by atoms with Gasteiger partial charge in [0.25, 0.3) is 0 Å². The number of halogens is 13. The Morgan fingerprint density at radius 1 is 0.681 bits per heavy atom. The second kappa shape index (κ2) is 18.4. The van der Waals surface area contributed by atoms with Crippen LogP contribution in [-0.2, 0) is 50.2 Å². The van der Waals surface area contributed by atoms with E-state index >= 15 is 0 Å². The second-order valence-corrected chi connectivity index (χ2v) is 9.28.